The fourth-order valence-corrected chi connectivity index (χ4v) is 3.85. The molecule has 1 aliphatic carbocycles. The Bertz CT molecular complexity index is 1100. The second-order valence-electron chi connectivity index (χ2n) is 9.87. The van der Waals surface area contributed by atoms with Crippen LogP contribution in [0.25, 0.3) is 0 Å². The van der Waals surface area contributed by atoms with Gasteiger partial charge in [-0.15, -0.1) is 0 Å². The molecule has 1 aromatic rings. The molecule has 36 heavy (non-hydrogen) atoms. The van der Waals surface area contributed by atoms with E-state index >= 15 is 0 Å². The normalized spacial score (nSPS) is 20.4. The first-order valence-corrected chi connectivity index (χ1v) is 12.2. The summed E-state index contributed by atoms with van der Waals surface area (Å²) in [6.07, 6.45) is 3.26. The third-order valence-electron chi connectivity index (χ3n) is 5.88. The van der Waals surface area contributed by atoms with Crippen LogP contribution in [0.2, 0.25) is 0 Å². The number of carbonyl (C=O) groups excluding carboxylic acids is 2. The van der Waals surface area contributed by atoms with Crippen molar-refractivity contribution in [1.29, 1.82) is 5.41 Å². The minimum atomic E-state index is -0.753. The average Bonchev–Trinajstić information content (AvgIpc) is 2.98. The highest BCUT2D eigenvalue weighted by atomic mass is 19.1. The first kappa shape index (κ1) is 27.0. The van der Waals surface area contributed by atoms with Crippen LogP contribution in [0.4, 0.5) is 14.0 Å². The molecule has 1 aliphatic heterocycles. The first-order valence-electron chi connectivity index (χ1n) is 12.2. The van der Waals surface area contributed by atoms with E-state index in [1.54, 1.807) is 26.8 Å². The van der Waals surface area contributed by atoms with Gasteiger partial charge >= 0.3 is 12.2 Å². The molecule has 0 radical (unpaired) electrons. The van der Waals surface area contributed by atoms with Gasteiger partial charge in [-0.05, 0) is 44.7 Å². The van der Waals surface area contributed by atoms with Crippen LogP contribution in [0.15, 0.2) is 53.9 Å². The summed E-state index contributed by atoms with van der Waals surface area (Å²) < 4.78 is 25.9. The van der Waals surface area contributed by atoms with Crippen molar-refractivity contribution in [2.75, 3.05) is 19.6 Å². The lowest BCUT2D eigenvalue weighted by Gasteiger charge is -2.38. The lowest BCUT2D eigenvalue weighted by Crippen LogP contribution is -2.56. The van der Waals surface area contributed by atoms with E-state index in [0.29, 0.717) is 0 Å². The van der Waals surface area contributed by atoms with Crippen molar-refractivity contribution < 1.29 is 23.5 Å². The van der Waals surface area contributed by atoms with Crippen LogP contribution in [0, 0.1) is 23.2 Å². The second kappa shape index (κ2) is 11.9. The summed E-state index contributed by atoms with van der Waals surface area (Å²) in [7, 11) is 0. The number of ether oxygens (including phenoxy) is 2. The zero-order chi connectivity index (χ0) is 26.3. The van der Waals surface area contributed by atoms with E-state index < -0.39 is 29.7 Å². The van der Waals surface area contributed by atoms with Crippen LogP contribution in [0.5, 0.6) is 0 Å². The molecule has 2 atom stereocenters. The van der Waals surface area contributed by atoms with Gasteiger partial charge in [-0.25, -0.2) is 14.0 Å². The third kappa shape index (κ3) is 7.45. The van der Waals surface area contributed by atoms with Crippen molar-refractivity contribution >= 4 is 17.9 Å². The molecule has 1 heterocycles. The summed E-state index contributed by atoms with van der Waals surface area (Å²) in [5.74, 6) is 5.30. The monoisotopic (exact) mass is 495 g/mol. The Morgan fingerprint density at radius 2 is 1.89 bits per heavy atom. The van der Waals surface area contributed by atoms with Gasteiger partial charge in [0.2, 0.25) is 0 Å². The Kier molecular flexibility index (Phi) is 8.92. The molecule has 192 valence electrons. The highest BCUT2D eigenvalue weighted by Gasteiger charge is 2.34. The Hall–Kier alpha value is -3.60. The molecule has 7 nitrogen and oxygen atoms in total. The molecule has 0 bridgehead atoms. The van der Waals surface area contributed by atoms with E-state index in [1.165, 1.54) is 9.80 Å². The van der Waals surface area contributed by atoms with Crippen molar-refractivity contribution in [2.24, 2.45) is 5.92 Å². The number of hydrogen-bond acceptors (Lipinski definition) is 5. The lowest BCUT2D eigenvalue weighted by atomic mass is 10.0. The quantitative estimate of drug-likeness (QED) is 0.563. The number of piperazine rings is 1. The molecule has 1 aromatic carbocycles. The highest BCUT2D eigenvalue weighted by molar-refractivity contribution is 6.10. The molecular weight excluding hydrogens is 461 g/mol. The molecule has 1 fully saturated rings. The predicted octanol–water partition coefficient (Wildman–Crippen LogP) is 5.48. The molecule has 3 rings (SSSR count). The minimum absolute atomic E-state index is 0.00559. The fourth-order valence-electron chi connectivity index (χ4n) is 3.85. The Labute approximate surface area is 212 Å². The van der Waals surface area contributed by atoms with E-state index in [9.17, 15) is 14.0 Å². The number of rotatable bonds is 3. The molecule has 2 amide bonds. The Morgan fingerprint density at radius 1 is 1.17 bits per heavy atom. The van der Waals surface area contributed by atoms with Crippen LogP contribution in [0.1, 0.15) is 46.1 Å². The number of benzene rings is 1. The van der Waals surface area contributed by atoms with Crippen molar-refractivity contribution in [2.45, 2.75) is 58.8 Å². The molecule has 2 aliphatic rings. The maximum Gasteiger partial charge on any atom is 0.411 e. The maximum atomic E-state index is 14.9. The van der Waals surface area contributed by atoms with Crippen LogP contribution in [-0.4, -0.2) is 59.0 Å². The molecule has 2 unspecified atom stereocenters. The maximum absolute atomic E-state index is 14.9. The van der Waals surface area contributed by atoms with E-state index in [4.69, 9.17) is 14.9 Å². The van der Waals surface area contributed by atoms with Crippen molar-refractivity contribution in [3.8, 4) is 11.8 Å². The van der Waals surface area contributed by atoms with Crippen LogP contribution >= 0.6 is 0 Å². The zero-order valence-electron chi connectivity index (χ0n) is 21.3. The summed E-state index contributed by atoms with van der Waals surface area (Å²) in [4.78, 5) is 28.6. The third-order valence-corrected chi connectivity index (χ3v) is 5.88. The first-order chi connectivity index (χ1) is 17.1. The van der Waals surface area contributed by atoms with Crippen molar-refractivity contribution in [1.82, 2.24) is 9.80 Å². The average molecular weight is 496 g/mol. The standard InChI is InChI=1S/C28H34FN3O4/c1-5-20-11-14-25(30)23(24(29)17-20)13-12-22-18-31(26(33)36-28(2,3)4)15-16-32(22)27(34)35-19-21-9-7-6-8-10-21/h6-11,14,20,22,30H,5,15-19H2,1-4H3. The number of halogens is 1. The van der Waals surface area contributed by atoms with Gasteiger partial charge in [-0.2, -0.15) is 0 Å². The topological polar surface area (TPSA) is 82.9 Å². The van der Waals surface area contributed by atoms with Crippen LogP contribution in [0.3, 0.4) is 0 Å². The number of allylic oxidation sites excluding steroid dienone is 4. The van der Waals surface area contributed by atoms with Gasteiger partial charge < -0.3 is 14.4 Å². The molecule has 0 saturated carbocycles. The van der Waals surface area contributed by atoms with Gasteiger partial charge in [0.1, 0.15) is 24.1 Å². The molecule has 8 heteroatoms. The molecular formula is C28H34FN3O4. The smallest absolute Gasteiger partial charge is 0.411 e. The summed E-state index contributed by atoms with van der Waals surface area (Å²) in [5, 5.41) is 8.22. The lowest BCUT2D eigenvalue weighted by molar-refractivity contribution is 0.00708. The van der Waals surface area contributed by atoms with E-state index in [-0.39, 0.29) is 49.9 Å². The van der Waals surface area contributed by atoms with Gasteiger partial charge in [0.25, 0.3) is 0 Å². The summed E-state index contributed by atoms with van der Waals surface area (Å²) in [5.41, 5.74) is 0.177. The van der Waals surface area contributed by atoms with E-state index in [2.05, 4.69) is 11.8 Å². The molecule has 0 aromatic heterocycles. The number of hydrogen-bond donors (Lipinski definition) is 1. The van der Waals surface area contributed by atoms with Gasteiger partial charge in [0.05, 0.1) is 17.8 Å². The van der Waals surface area contributed by atoms with Gasteiger partial charge in [-0.1, -0.05) is 55.2 Å². The SMILES string of the molecule is CCC1C=CC(=N)C(C#CC2CN(C(=O)OC(C)(C)C)CCN2C(=O)OCc2ccccc2)=C(F)C1. The fraction of sp³-hybridized carbons (Fsp3) is 0.464. The van der Waals surface area contributed by atoms with Gasteiger partial charge in [0, 0.05) is 19.5 Å². The number of amides is 2. The zero-order valence-corrected chi connectivity index (χ0v) is 21.3. The largest absolute Gasteiger partial charge is 0.445 e. The summed E-state index contributed by atoms with van der Waals surface area (Å²) in [6, 6.07) is 8.56. The highest BCUT2D eigenvalue weighted by Crippen LogP contribution is 2.25. The number of carbonyl (C=O) groups is 2. The predicted molar refractivity (Wildman–Crippen MR) is 136 cm³/mol. The van der Waals surface area contributed by atoms with Gasteiger partial charge in [0.15, 0.2) is 0 Å². The van der Waals surface area contributed by atoms with E-state index in [0.717, 1.165) is 12.0 Å². The Morgan fingerprint density at radius 3 is 2.56 bits per heavy atom. The van der Waals surface area contributed by atoms with Crippen LogP contribution in [-0.2, 0) is 16.1 Å². The molecule has 0 spiro atoms. The van der Waals surface area contributed by atoms with E-state index in [1.807, 2.05) is 43.3 Å². The number of nitrogens with one attached hydrogen (secondary N) is 1. The van der Waals surface area contributed by atoms with Crippen molar-refractivity contribution in [3.63, 3.8) is 0 Å². The summed E-state index contributed by atoms with van der Waals surface area (Å²) in [6.45, 7) is 7.92. The second-order valence-corrected chi connectivity index (χ2v) is 9.87. The Balaban J connectivity index is 1.82. The van der Waals surface area contributed by atoms with Gasteiger partial charge in [-0.3, -0.25) is 10.3 Å². The molecule has 1 saturated heterocycles. The minimum Gasteiger partial charge on any atom is -0.445 e. The number of nitrogens with zero attached hydrogens (tertiary/aromatic N) is 2. The molecule has 1 N–H and O–H groups in total. The summed E-state index contributed by atoms with van der Waals surface area (Å²) >= 11 is 0. The van der Waals surface area contributed by atoms with Crippen molar-refractivity contribution in [3.05, 3.63) is 59.4 Å². The van der Waals surface area contributed by atoms with Crippen LogP contribution < -0.4 is 0 Å².